The van der Waals surface area contributed by atoms with Gasteiger partial charge in [0.25, 0.3) is 5.91 Å². The molecule has 4 rings (SSSR count). The van der Waals surface area contributed by atoms with Crippen LogP contribution in [0.2, 0.25) is 0 Å². The first-order chi connectivity index (χ1) is 9.75. The maximum atomic E-state index is 12.2. The van der Waals surface area contributed by atoms with E-state index in [9.17, 15) is 4.79 Å². The van der Waals surface area contributed by atoms with Crippen LogP contribution in [0.3, 0.4) is 0 Å². The Morgan fingerprint density at radius 2 is 2.15 bits per heavy atom. The van der Waals surface area contributed by atoms with Gasteiger partial charge in [-0.3, -0.25) is 14.5 Å². The van der Waals surface area contributed by atoms with Crippen molar-refractivity contribution in [2.24, 2.45) is 0 Å². The molecule has 102 valence electrons. The monoisotopic (exact) mass is 268 g/mol. The Morgan fingerprint density at radius 1 is 1.30 bits per heavy atom. The van der Waals surface area contributed by atoms with Crippen LogP contribution in [-0.4, -0.2) is 27.2 Å². The zero-order valence-electron chi connectivity index (χ0n) is 11.4. The minimum atomic E-state index is 0.0190. The van der Waals surface area contributed by atoms with Crippen LogP contribution in [0.4, 0.5) is 0 Å². The maximum Gasteiger partial charge on any atom is 0.269 e. The number of hydrogen-bond donors (Lipinski definition) is 1. The minimum Gasteiger partial charge on any atom is -0.351 e. The molecule has 0 fully saturated rings. The van der Waals surface area contributed by atoms with E-state index in [1.165, 1.54) is 5.56 Å². The lowest BCUT2D eigenvalue weighted by molar-refractivity contribution is 0.0949. The number of rotatable bonds is 0. The number of pyridine rings is 1. The van der Waals surface area contributed by atoms with Crippen LogP contribution < -0.4 is 5.32 Å². The second-order valence-corrected chi connectivity index (χ2v) is 5.43. The summed E-state index contributed by atoms with van der Waals surface area (Å²) >= 11 is 0. The third kappa shape index (κ3) is 1.52. The van der Waals surface area contributed by atoms with Crippen LogP contribution in [0.1, 0.15) is 33.7 Å². The number of nitrogens with zero attached hydrogens (tertiary/aromatic N) is 3. The maximum absolute atomic E-state index is 12.2. The molecule has 1 aliphatic carbocycles. The zero-order valence-corrected chi connectivity index (χ0v) is 11.4. The first kappa shape index (κ1) is 11.6. The van der Waals surface area contributed by atoms with E-state index >= 15 is 0 Å². The summed E-state index contributed by atoms with van der Waals surface area (Å²) in [6.45, 7) is 3.58. The van der Waals surface area contributed by atoms with Crippen molar-refractivity contribution in [2.75, 3.05) is 6.54 Å². The standard InChI is InChI=1S/C15H16N4O/c1-9-10-3-4-12-13(11(10)5-7-16-9)18-19-8-2-6-17-15(20)14(12)19/h5,7H,2-4,6,8H2,1H3,(H,17,20). The molecule has 3 heterocycles. The fourth-order valence-corrected chi connectivity index (χ4v) is 3.27. The van der Waals surface area contributed by atoms with E-state index < -0.39 is 0 Å². The van der Waals surface area contributed by atoms with E-state index in [1.54, 1.807) is 0 Å². The van der Waals surface area contributed by atoms with Gasteiger partial charge >= 0.3 is 0 Å². The van der Waals surface area contributed by atoms with Crippen LogP contribution in [0, 0.1) is 6.92 Å². The Bertz CT molecular complexity index is 717. The molecule has 1 amide bonds. The van der Waals surface area contributed by atoms with Crippen molar-refractivity contribution in [3.63, 3.8) is 0 Å². The molecule has 20 heavy (non-hydrogen) atoms. The molecule has 0 bridgehead atoms. The molecule has 0 spiro atoms. The van der Waals surface area contributed by atoms with Gasteiger partial charge in [0.05, 0.1) is 5.69 Å². The summed E-state index contributed by atoms with van der Waals surface area (Å²) < 4.78 is 1.89. The smallest absolute Gasteiger partial charge is 0.269 e. The van der Waals surface area contributed by atoms with E-state index in [0.717, 1.165) is 60.6 Å². The minimum absolute atomic E-state index is 0.0190. The van der Waals surface area contributed by atoms with E-state index in [4.69, 9.17) is 5.10 Å². The van der Waals surface area contributed by atoms with Crippen molar-refractivity contribution in [3.05, 3.63) is 34.8 Å². The van der Waals surface area contributed by atoms with Crippen molar-refractivity contribution in [1.29, 1.82) is 0 Å². The predicted octanol–water partition coefficient (Wildman–Crippen LogP) is 1.49. The van der Waals surface area contributed by atoms with Crippen LogP contribution >= 0.6 is 0 Å². The van der Waals surface area contributed by atoms with Gasteiger partial charge in [0.1, 0.15) is 5.69 Å². The lowest BCUT2D eigenvalue weighted by atomic mass is 9.88. The number of fused-ring (bicyclic) bond motifs is 5. The van der Waals surface area contributed by atoms with Crippen molar-refractivity contribution in [2.45, 2.75) is 32.7 Å². The summed E-state index contributed by atoms with van der Waals surface area (Å²) in [5.74, 6) is 0.0190. The summed E-state index contributed by atoms with van der Waals surface area (Å²) in [5, 5.41) is 7.67. The van der Waals surface area contributed by atoms with Crippen molar-refractivity contribution in [3.8, 4) is 11.3 Å². The highest BCUT2D eigenvalue weighted by atomic mass is 16.2. The average Bonchev–Trinajstić information content (AvgIpc) is 2.73. The molecule has 0 unspecified atom stereocenters. The predicted molar refractivity (Wildman–Crippen MR) is 74.6 cm³/mol. The van der Waals surface area contributed by atoms with Gasteiger partial charge in [-0.2, -0.15) is 5.10 Å². The van der Waals surface area contributed by atoms with Gasteiger partial charge in [0.2, 0.25) is 0 Å². The topological polar surface area (TPSA) is 59.8 Å². The number of hydrogen-bond acceptors (Lipinski definition) is 3. The molecule has 0 aromatic carbocycles. The normalized spacial score (nSPS) is 16.8. The molecular weight excluding hydrogens is 252 g/mol. The van der Waals surface area contributed by atoms with Gasteiger partial charge in [0, 0.05) is 36.1 Å². The molecular formula is C15H16N4O. The SMILES string of the molecule is Cc1nccc2c1CCc1c-2nn2c1C(=O)NCCC2. The molecule has 1 aliphatic heterocycles. The first-order valence-corrected chi connectivity index (χ1v) is 7.08. The number of carbonyl (C=O) groups is 1. The molecule has 5 heteroatoms. The van der Waals surface area contributed by atoms with Crippen LogP contribution in [-0.2, 0) is 19.4 Å². The third-order valence-corrected chi connectivity index (χ3v) is 4.25. The van der Waals surface area contributed by atoms with Gasteiger partial charge in [-0.25, -0.2) is 0 Å². The second-order valence-electron chi connectivity index (χ2n) is 5.43. The molecule has 0 saturated carbocycles. The van der Waals surface area contributed by atoms with Gasteiger partial charge < -0.3 is 5.32 Å². The Labute approximate surface area is 117 Å². The van der Waals surface area contributed by atoms with Crippen molar-refractivity contribution < 1.29 is 4.79 Å². The number of aryl methyl sites for hydroxylation is 2. The highest BCUT2D eigenvalue weighted by molar-refractivity contribution is 5.96. The fraction of sp³-hybridized carbons (Fsp3) is 0.400. The summed E-state index contributed by atoms with van der Waals surface area (Å²) in [6, 6.07) is 2.02. The largest absolute Gasteiger partial charge is 0.351 e. The summed E-state index contributed by atoms with van der Waals surface area (Å²) in [6.07, 6.45) is 4.57. The van der Waals surface area contributed by atoms with Gasteiger partial charge in [-0.1, -0.05) is 0 Å². The Morgan fingerprint density at radius 3 is 3.05 bits per heavy atom. The molecule has 0 atom stereocenters. The van der Waals surface area contributed by atoms with Crippen LogP contribution in [0.15, 0.2) is 12.3 Å². The number of amides is 1. The van der Waals surface area contributed by atoms with Crippen LogP contribution in [0.25, 0.3) is 11.3 Å². The molecule has 2 aromatic rings. The lowest BCUT2D eigenvalue weighted by Gasteiger charge is -2.17. The van der Waals surface area contributed by atoms with Crippen molar-refractivity contribution in [1.82, 2.24) is 20.1 Å². The van der Waals surface area contributed by atoms with E-state index in [2.05, 4.69) is 10.3 Å². The van der Waals surface area contributed by atoms with Gasteiger partial charge in [0.15, 0.2) is 0 Å². The molecule has 1 N–H and O–H groups in total. The number of carbonyl (C=O) groups excluding carboxylic acids is 1. The summed E-state index contributed by atoms with van der Waals surface area (Å²) in [7, 11) is 0. The first-order valence-electron chi connectivity index (χ1n) is 7.08. The van der Waals surface area contributed by atoms with E-state index in [0.29, 0.717) is 0 Å². The highest BCUT2D eigenvalue weighted by Crippen LogP contribution is 2.35. The highest BCUT2D eigenvalue weighted by Gasteiger charge is 2.29. The molecule has 0 saturated heterocycles. The Balaban J connectivity index is 1.96. The van der Waals surface area contributed by atoms with E-state index in [-0.39, 0.29) is 5.91 Å². The third-order valence-electron chi connectivity index (χ3n) is 4.25. The Kier molecular flexibility index (Phi) is 2.42. The molecule has 0 radical (unpaired) electrons. The number of nitrogens with one attached hydrogen (secondary N) is 1. The van der Waals surface area contributed by atoms with Gasteiger partial charge in [-0.05, 0) is 37.8 Å². The van der Waals surface area contributed by atoms with Crippen molar-refractivity contribution >= 4 is 5.91 Å². The Hall–Kier alpha value is -2.17. The molecule has 2 aromatic heterocycles. The summed E-state index contributed by atoms with van der Waals surface area (Å²) in [4.78, 5) is 16.6. The average molecular weight is 268 g/mol. The van der Waals surface area contributed by atoms with E-state index in [1.807, 2.05) is 23.9 Å². The zero-order chi connectivity index (χ0) is 13.7. The second kappa shape index (κ2) is 4.16. The van der Waals surface area contributed by atoms with Crippen LogP contribution in [0.5, 0.6) is 0 Å². The summed E-state index contributed by atoms with van der Waals surface area (Å²) in [5.41, 5.74) is 6.32. The quantitative estimate of drug-likeness (QED) is 0.787. The van der Waals surface area contributed by atoms with Gasteiger partial charge in [-0.15, -0.1) is 0 Å². The molecule has 5 nitrogen and oxygen atoms in total. The number of aromatic nitrogens is 3. The molecule has 2 aliphatic rings. The fourth-order valence-electron chi connectivity index (χ4n) is 3.27. The lowest BCUT2D eigenvalue weighted by Crippen LogP contribution is -2.24.